The Morgan fingerprint density at radius 1 is 1.82 bits per heavy atom. The fraction of sp³-hybridized carbons (Fsp3) is 0.857. The molecular weight excluding hydrogens is 144 g/mol. The van der Waals surface area contributed by atoms with Crippen molar-refractivity contribution in [3.8, 4) is 0 Å². The summed E-state index contributed by atoms with van der Waals surface area (Å²) < 4.78 is 0. The molecule has 1 amide bonds. The van der Waals surface area contributed by atoms with Crippen LogP contribution >= 0.6 is 0 Å². The summed E-state index contributed by atoms with van der Waals surface area (Å²) in [6.45, 7) is 1.03. The van der Waals surface area contributed by atoms with E-state index in [2.05, 4.69) is 15.6 Å². The van der Waals surface area contributed by atoms with Crippen LogP contribution in [0.2, 0.25) is 0 Å². The van der Waals surface area contributed by atoms with Gasteiger partial charge in [0.25, 0.3) is 0 Å². The lowest BCUT2D eigenvalue weighted by Gasteiger charge is -2.08. The number of carbonyl (C=O) groups is 1. The Kier molecular flexibility index (Phi) is 3.32. The molecule has 1 fully saturated rings. The molecule has 0 bridgehead atoms. The van der Waals surface area contributed by atoms with E-state index < -0.39 is 0 Å². The zero-order chi connectivity index (χ0) is 8.10. The molecule has 64 valence electrons. The van der Waals surface area contributed by atoms with E-state index in [-0.39, 0.29) is 5.91 Å². The molecular formula is C7H14N2O2. The fourth-order valence-electron chi connectivity index (χ4n) is 1.31. The van der Waals surface area contributed by atoms with Crippen molar-refractivity contribution in [2.24, 2.45) is 0 Å². The molecule has 0 aromatic carbocycles. The van der Waals surface area contributed by atoms with Crippen molar-refractivity contribution in [1.29, 1.82) is 0 Å². The average molecular weight is 158 g/mol. The van der Waals surface area contributed by atoms with Gasteiger partial charge in [0.2, 0.25) is 5.91 Å². The molecule has 0 aromatic heterocycles. The maximum atomic E-state index is 10.9. The second-order valence-corrected chi connectivity index (χ2v) is 2.73. The molecule has 1 heterocycles. The second kappa shape index (κ2) is 4.31. The third-order valence-electron chi connectivity index (χ3n) is 1.81. The third kappa shape index (κ3) is 2.86. The number of amides is 1. The van der Waals surface area contributed by atoms with Gasteiger partial charge in [-0.05, 0) is 19.4 Å². The van der Waals surface area contributed by atoms with Gasteiger partial charge < -0.3 is 5.32 Å². The molecule has 0 radical (unpaired) electrons. The van der Waals surface area contributed by atoms with Crippen molar-refractivity contribution < 1.29 is 9.63 Å². The number of carbonyl (C=O) groups excluding carboxylic acids is 1. The molecule has 0 saturated carbocycles. The average Bonchev–Trinajstić information content (AvgIpc) is 2.40. The van der Waals surface area contributed by atoms with Gasteiger partial charge in [0.15, 0.2) is 0 Å². The first-order valence-corrected chi connectivity index (χ1v) is 3.88. The van der Waals surface area contributed by atoms with Crippen molar-refractivity contribution in [3.63, 3.8) is 0 Å². The predicted octanol–water partition coefficient (Wildman–Crippen LogP) is -0.194. The molecule has 4 nitrogen and oxygen atoms in total. The van der Waals surface area contributed by atoms with Crippen LogP contribution in [0.3, 0.4) is 0 Å². The van der Waals surface area contributed by atoms with Gasteiger partial charge >= 0.3 is 0 Å². The lowest BCUT2D eigenvalue weighted by atomic mass is 10.1. The molecule has 1 aliphatic heterocycles. The van der Waals surface area contributed by atoms with E-state index >= 15 is 0 Å². The normalized spacial score (nSPS) is 23.5. The van der Waals surface area contributed by atoms with Crippen molar-refractivity contribution in [3.05, 3.63) is 0 Å². The van der Waals surface area contributed by atoms with Gasteiger partial charge in [-0.1, -0.05) is 0 Å². The Morgan fingerprint density at radius 2 is 2.64 bits per heavy atom. The maximum Gasteiger partial charge on any atom is 0.245 e. The van der Waals surface area contributed by atoms with E-state index in [1.807, 2.05) is 0 Å². The van der Waals surface area contributed by atoms with Crippen LogP contribution < -0.4 is 10.8 Å². The Morgan fingerprint density at radius 3 is 3.18 bits per heavy atom. The lowest BCUT2D eigenvalue weighted by molar-refractivity contribution is -0.131. The van der Waals surface area contributed by atoms with Crippen LogP contribution in [-0.2, 0) is 9.63 Å². The molecule has 0 spiro atoms. The van der Waals surface area contributed by atoms with E-state index in [4.69, 9.17) is 0 Å². The highest BCUT2D eigenvalue weighted by Crippen LogP contribution is 2.07. The van der Waals surface area contributed by atoms with Crippen LogP contribution in [0.4, 0.5) is 0 Å². The summed E-state index contributed by atoms with van der Waals surface area (Å²) in [4.78, 5) is 15.4. The minimum absolute atomic E-state index is 0.0492. The Hall–Kier alpha value is -0.610. The van der Waals surface area contributed by atoms with E-state index in [9.17, 15) is 4.79 Å². The highest BCUT2D eigenvalue weighted by atomic mass is 16.6. The Balaban J connectivity index is 2.13. The monoisotopic (exact) mass is 158 g/mol. The Labute approximate surface area is 66.3 Å². The fourth-order valence-corrected chi connectivity index (χ4v) is 1.31. The van der Waals surface area contributed by atoms with Crippen molar-refractivity contribution >= 4 is 5.91 Å². The van der Waals surface area contributed by atoms with Crippen LogP contribution in [0.15, 0.2) is 0 Å². The maximum absolute atomic E-state index is 10.9. The van der Waals surface area contributed by atoms with Gasteiger partial charge in [0.1, 0.15) is 0 Å². The third-order valence-corrected chi connectivity index (χ3v) is 1.81. The molecule has 11 heavy (non-hydrogen) atoms. The van der Waals surface area contributed by atoms with Crippen LogP contribution in [0.1, 0.15) is 19.3 Å². The highest BCUT2D eigenvalue weighted by Gasteiger charge is 2.16. The molecule has 1 unspecified atom stereocenters. The molecule has 2 N–H and O–H groups in total. The van der Waals surface area contributed by atoms with Gasteiger partial charge in [-0.3, -0.25) is 9.63 Å². The predicted molar refractivity (Wildman–Crippen MR) is 40.8 cm³/mol. The lowest BCUT2D eigenvalue weighted by Crippen LogP contribution is -2.31. The summed E-state index contributed by atoms with van der Waals surface area (Å²) in [6, 6.07) is 0.352. The minimum Gasteiger partial charge on any atom is -0.313 e. The number of hydrogen-bond donors (Lipinski definition) is 2. The Bertz CT molecular complexity index is 132. The number of hydrogen-bond acceptors (Lipinski definition) is 3. The van der Waals surface area contributed by atoms with E-state index in [1.54, 1.807) is 0 Å². The summed E-state index contributed by atoms with van der Waals surface area (Å²) in [6.07, 6.45) is 2.79. The molecule has 0 aromatic rings. The quantitative estimate of drug-likeness (QED) is 0.559. The SMILES string of the molecule is CONC(=O)CC1CCCN1. The number of rotatable bonds is 3. The van der Waals surface area contributed by atoms with Gasteiger partial charge in [0, 0.05) is 12.5 Å². The highest BCUT2D eigenvalue weighted by molar-refractivity contribution is 5.75. The standard InChI is InChI=1S/C7H14N2O2/c1-11-9-7(10)5-6-3-2-4-8-6/h6,8H,2-5H2,1H3,(H,9,10). The summed E-state index contributed by atoms with van der Waals surface area (Å²) in [5.41, 5.74) is 2.29. The summed E-state index contributed by atoms with van der Waals surface area (Å²) in [5.74, 6) is -0.0492. The summed E-state index contributed by atoms with van der Waals surface area (Å²) >= 11 is 0. The molecule has 1 saturated heterocycles. The number of nitrogens with one attached hydrogen (secondary N) is 2. The van der Waals surface area contributed by atoms with Crippen LogP contribution in [0.25, 0.3) is 0 Å². The zero-order valence-corrected chi connectivity index (χ0v) is 6.72. The van der Waals surface area contributed by atoms with Gasteiger partial charge in [-0.15, -0.1) is 0 Å². The molecule has 4 heteroatoms. The first kappa shape index (κ1) is 8.49. The minimum atomic E-state index is -0.0492. The topological polar surface area (TPSA) is 50.4 Å². The van der Waals surface area contributed by atoms with Gasteiger partial charge in [-0.25, -0.2) is 5.48 Å². The van der Waals surface area contributed by atoms with Gasteiger partial charge in [-0.2, -0.15) is 0 Å². The van der Waals surface area contributed by atoms with Gasteiger partial charge in [0.05, 0.1) is 7.11 Å². The molecule has 1 atom stereocenters. The van der Waals surface area contributed by atoms with E-state index in [0.29, 0.717) is 12.5 Å². The molecule has 0 aliphatic carbocycles. The smallest absolute Gasteiger partial charge is 0.245 e. The zero-order valence-electron chi connectivity index (χ0n) is 6.72. The van der Waals surface area contributed by atoms with Crippen LogP contribution in [0, 0.1) is 0 Å². The first-order valence-electron chi connectivity index (χ1n) is 3.88. The largest absolute Gasteiger partial charge is 0.313 e. The molecule has 1 rings (SSSR count). The van der Waals surface area contributed by atoms with Crippen molar-refractivity contribution in [2.75, 3.05) is 13.7 Å². The van der Waals surface area contributed by atoms with E-state index in [0.717, 1.165) is 13.0 Å². The van der Waals surface area contributed by atoms with Crippen LogP contribution in [-0.4, -0.2) is 25.6 Å². The van der Waals surface area contributed by atoms with Crippen molar-refractivity contribution in [2.45, 2.75) is 25.3 Å². The van der Waals surface area contributed by atoms with Crippen LogP contribution in [0.5, 0.6) is 0 Å². The van der Waals surface area contributed by atoms with E-state index in [1.165, 1.54) is 13.5 Å². The first-order chi connectivity index (χ1) is 5.33. The number of hydroxylamine groups is 1. The van der Waals surface area contributed by atoms with Crippen molar-refractivity contribution in [1.82, 2.24) is 10.8 Å². The summed E-state index contributed by atoms with van der Waals surface area (Å²) in [7, 11) is 1.44. The molecule has 1 aliphatic rings. The second-order valence-electron chi connectivity index (χ2n) is 2.73. The summed E-state index contributed by atoms with van der Waals surface area (Å²) in [5, 5.41) is 3.23.